The number of carbonyl (C=O) groups excluding carboxylic acids is 7. The molecule has 58 heavy (non-hydrogen) atoms. The molecule has 0 radical (unpaired) electrons. The lowest BCUT2D eigenvalue weighted by atomic mass is 10.00. The first-order valence-corrected chi connectivity index (χ1v) is 19.4. The highest BCUT2D eigenvalue weighted by Crippen LogP contribution is 2.10. The van der Waals surface area contributed by atoms with Crippen molar-refractivity contribution in [1.29, 1.82) is 0 Å². The molecule has 0 aliphatic rings. The second-order valence-corrected chi connectivity index (χ2v) is 14.8. The van der Waals surface area contributed by atoms with Crippen LogP contribution in [0.15, 0.2) is 35.3 Å². The Bertz CT molecular complexity index is 1570. The van der Waals surface area contributed by atoms with Crippen LogP contribution in [0, 0.1) is 11.8 Å². The molecule has 6 atom stereocenters. The van der Waals surface area contributed by atoms with Gasteiger partial charge in [-0.2, -0.15) is 0 Å². The Labute approximate surface area is 339 Å². The van der Waals surface area contributed by atoms with Crippen LogP contribution in [0.5, 0.6) is 0 Å². The van der Waals surface area contributed by atoms with E-state index < -0.39 is 102 Å². The van der Waals surface area contributed by atoms with Crippen LogP contribution in [0.1, 0.15) is 85.1 Å². The minimum absolute atomic E-state index is 0.0167. The van der Waals surface area contributed by atoms with Gasteiger partial charge in [-0.1, -0.05) is 77.8 Å². The fourth-order valence-corrected chi connectivity index (χ4v) is 5.64. The van der Waals surface area contributed by atoms with Gasteiger partial charge in [0.1, 0.15) is 30.2 Å². The van der Waals surface area contributed by atoms with Crippen LogP contribution in [0.3, 0.4) is 0 Å². The number of nitrogens with one attached hydrogen (secondary N) is 6. The van der Waals surface area contributed by atoms with Gasteiger partial charge in [0.2, 0.25) is 41.4 Å². The number of unbranched alkanes of at least 4 members (excludes halogenated alkanes) is 1. The second kappa shape index (κ2) is 26.2. The van der Waals surface area contributed by atoms with Crippen LogP contribution in [0.25, 0.3) is 0 Å². The Morgan fingerprint density at radius 1 is 0.707 bits per heavy atom. The van der Waals surface area contributed by atoms with E-state index in [1.165, 1.54) is 0 Å². The summed E-state index contributed by atoms with van der Waals surface area (Å²) in [6, 6.07) is 1.52. The predicted octanol–water partition coefficient (Wildman–Crippen LogP) is -2.00. The number of nitrogens with zero attached hydrogens (tertiary/aromatic N) is 1. The van der Waals surface area contributed by atoms with Gasteiger partial charge < -0.3 is 59.9 Å². The number of rotatable bonds is 27. The van der Waals surface area contributed by atoms with Crippen molar-refractivity contribution in [3.63, 3.8) is 0 Å². The monoisotopic (exact) mass is 817 g/mol. The minimum atomic E-state index is -1.47. The molecule has 7 amide bonds. The fourth-order valence-electron chi connectivity index (χ4n) is 5.64. The maximum atomic E-state index is 13.9. The lowest BCUT2D eigenvalue weighted by molar-refractivity contribution is -0.140. The van der Waals surface area contributed by atoms with Gasteiger partial charge in [-0.05, 0) is 43.1 Å². The first-order valence-electron chi connectivity index (χ1n) is 19.4. The largest absolute Gasteiger partial charge is 0.481 e. The number of primary amides is 1. The van der Waals surface area contributed by atoms with E-state index in [1.54, 1.807) is 44.2 Å². The minimum Gasteiger partial charge on any atom is -0.481 e. The van der Waals surface area contributed by atoms with E-state index >= 15 is 0 Å². The molecule has 0 fully saturated rings. The molecule has 0 aromatic heterocycles. The van der Waals surface area contributed by atoms with Crippen molar-refractivity contribution in [1.82, 2.24) is 31.9 Å². The summed E-state index contributed by atoms with van der Waals surface area (Å²) < 4.78 is 0. The lowest BCUT2D eigenvalue weighted by Gasteiger charge is -2.27. The number of carboxylic acid groups (broad SMARTS) is 1. The molecule has 0 aliphatic heterocycles. The SMILES string of the molecule is CCCC[C@H](NC(=O)[C@H](CC(C)C)NC(=O)CNC(=O)[C@@H](NC(=O)[C@H](Cc1ccccc1)NC(=O)[C@H](CCCN=C(N)N)NC(=O)[C@@H](N)CC(=O)O)C(C)C)C(N)=O. The highest BCUT2D eigenvalue weighted by atomic mass is 16.4. The van der Waals surface area contributed by atoms with E-state index in [-0.39, 0.29) is 44.1 Å². The van der Waals surface area contributed by atoms with Gasteiger partial charge in [-0.15, -0.1) is 0 Å². The number of carbonyl (C=O) groups is 8. The molecule has 0 aliphatic carbocycles. The van der Waals surface area contributed by atoms with E-state index in [2.05, 4.69) is 36.9 Å². The highest BCUT2D eigenvalue weighted by Gasteiger charge is 2.33. The Morgan fingerprint density at radius 2 is 1.28 bits per heavy atom. The van der Waals surface area contributed by atoms with Gasteiger partial charge in [0.25, 0.3) is 0 Å². The average molecular weight is 818 g/mol. The molecule has 20 heteroatoms. The molecule has 15 N–H and O–H groups in total. The quantitative estimate of drug-likeness (QED) is 0.0261. The number of amides is 7. The van der Waals surface area contributed by atoms with Crippen LogP contribution in [-0.2, 0) is 44.8 Å². The van der Waals surface area contributed by atoms with Gasteiger partial charge in [0.05, 0.1) is 19.0 Å². The number of nitrogens with two attached hydrogens (primary N) is 4. The Balaban J connectivity index is 3.20. The first-order chi connectivity index (χ1) is 27.2. The highest BCUT2D eigenvalue weighted by molar-refractivity contribution is 5.97. The summed E-state index contributed by atoms with van der Waals surface area (Å²) in [5, 5.41) is 24.5. The number of benzene rings is 1. The zero-order valence-corrected chi connectivity index (χ0v) is 34.0. The standard InChI is InChI=1S/C38H63N11O9/c1-6-7-14-25(32(40)53)46-35(56)27(17-21(2)3)45-29(50)20-44-37(58)31(22(4)5)49-36(57)28(18-23-12-9-8-10-13-23)48-34(55)26(15-11-16-43-38(41)42)47-33(54)24(39)19-30(51)52/h8-10,12-13,21-22,24-28,31H,6-7,11,14-20,39H2,1-5H3,(H2,40,53)(H,44,58)(H,45,50)(H,46,56)(H,47,54)(H,48,55)(H,49,57)(H,51,52)(H4,41,42,43)/t24-,25-,26-,27-,28-,31-/m0/s1. The second-order valence-electron chi connectivity index (χ2n) is 14.8. The summed E-state index contributed by atoms with van der Waals surface area (Å²) in [4.78, 5) is 107. The molecular formula is C38H63N11O9. The molecular weight excluding hydrogens is 754 g/mol. The van der Waals surface area contributed by atoms with Gasteiger partial charge in [-0.3, -0.25) is 43.3 Å². The summed E-state index contributed by atoms with van der Waals surface area (Å²) >= 11 is 0. The number of aliphatic imine (C=N–C) groups is 1. The molecule has 324 valence electrons. The first kappa shape index (κ1) is 50.2. The van der Waals surface area contributed by atoms with Crippen LogP contribution >= 0.6 is 0 Å². The number of hydrogen-bond donors (Lipinski definition) is 11. The molecule has 0 heterocycles. The molecule has 1 aromatic rings. The van der Waals surface area contributed by atoms with Gasteiger partial charge in [0, 0.05) is 13.0 Å². The lowest BCUT2D eigenvalue weighted by Crippen LogP contribution is -2.59. The third kappa shape index (κ3) is 19.9. The van der Waals surface area contributed by atoms with Crippen molar-refractivity contribution in [3.05, 3.63) is 35.9 Å². The molecule has 0 saturated heterocycles. The maximum Gasteiger partial charge on any atom is 0.305 e. The third-order valence-electron chi connectivity index (χ3n) is 8.76. The van der Waals surface area contributed by atoms with Crippen molar-refractivity contribution >= 4 is 53.3 Å². The summed E-state index contributed by atoms with van der Waals surface area (Å²) in [6.45, 7) is 8.50. The molecule has 1 aromatic carbocycles. The van der Waals surface area contributed by atoms with Crippen molar-refractivity contribution < 1.29 is 43.5 Å². The van der Waals surface area contributed by atoms with Crippen LogP contribution in [0.4, 0.5) is 0 Å². The average Bonchev–Trinajstić information content (AvgIpc) is 3.14. The molecule has 0 bridgehead atoms. The topological polar surface area (TPSA) is 345 Å². The van der Waals surface area contributed by atoms with E-state index in [4.69, 9.17) is 28.0 Å². The summed E-state index contributed by atoms with van der Waals surface area (Å²) in [5.74, 6) is -7.22. The van der Waals surface area contributed by atoms with E-state index in [0.29, 0.717) is 18.4 Å². The predicted molar refractivity (Wildman–Crippen MR) is 216 cm³/mol. The maximum absolute atomic E-state index is 13.9. The van der Waals surface area contributed by atoms with Crippen LogP contribution < -0.4 is 54.8 Å². The van der Waals surface area contributed by atoms with Gasteiger partial charge in [0.15, 0.2) is 5.96 Å². The number of hydrogen-bond acceptors (Lipinski definition) is 10. The van der Waals surface area contributed by atoms with Crippen molar-refractivity contribution in [2.24, 2.45) is 39.8 Å². The Morgan fingerprint density at radius 3 is 1.83 bits per heavy atom. The smallest absolute Gasteiger partial charge is 0.305 e. The molecule has 20 nitrogen and oxygen atoms in total. The summed E-state index contributed by atoms with van der Waals surface area (Å²) in [6.07, 6.45) is 1.47. The normalized spacial score (nSPS) is 14.1. The van der Waals surface area contributed by atoms with E-state index in [1.807, 2.05) is 20.8 Å². The zero-order valence-electron chi connectivity index (χ0n) is 34.0. The van der Waals surface area contributed by atoms with E-state index in [9.17, 15) is 38.4 Å². The van der Waals surface area contributed by atoms with Crippen molar-refractivity contribution in [2.45, 2.75) is 122 Å². The Hall–Kier alpha value is -5.79. The van der Waals surface area contributed by atoms with Crippen molar-refractivity contribution in [2.75, 3.05) is 13.1 Å². The zero-order chi connectivity index (χ0) is 43.9. The number of guanidine groups is 1. The van der Waals surface area contributed by atoms with Crippen LogP contribution in [0.2, 0.25) is 0 Å². The fraction of sp³-hybridized carbons (Fsp3) is 0.605. The van der Waals surface area contributed by atoms with Gasteiger partial charge >= 0.3 is 5.97 Å². The number of aliphatic carboxylic acids is 1. The molecule has 0 saturated carbocycles. The van der Waals surface area contributed by atoms with Crippen molar-refractivity contribution in [3.8, 4) is 0 Å². The summed E-state index contributed by atoms with van der Waals surface area (Å²) in [5.41, 5.74) is 22.6. The summed E-state index contributed by atoms with van der Waals surface area (Å²) in [7, 11) is 0. The molecule has 1 rings (SSSR count). The van der Waals surface area contributed by atoms with Gasteiger partial charge in [-0.25, -0.2) is 0 Å². The third-order valence-corrected chi connectivity index (χ3v) is 8.76. The van der Waals surface area contributed by atoms with E-state index in [0.717, 1.165) is 6.42 Å². The number of carboxylic acids is 1. The molecule has 0 spiro atoms. The Kier molecular flexibility index (Phi) is 22.7. The molecule has 0 unspecified atom stereocenters. The van der Waals surface area contributed by atoms with Crippen LogP contribution in [-0.4, -0.2) is 108 Å².